The van der Waals surface area contributed by atoms with Crippen LogP contribution in [0.25, 0.3) is 0 Å². The van der Waals surface area contributed by atoms with Gasteiger partial charge in [0.05, 0.1) is 6.04 Å². The van der Waals surface area contributed by atoms with E-state index in [0.29, 0.717) is 6.04 Å². The highest BCUT2D eigenvalue weighted by Crippen LogP contribution is 2.17. The van der Waals surface area contributed by atoms with Crippen LogP contribution in [0.4, 0.5) is 0 Å². The summed E-state index contributed by atoms with van der Waals surface area (Å²) < 4.78 is 0. The van der Waals surface area contributed by atoms with Crippen molar-refractivity contribution in [3.05, 3.63) is 16.6 Å². The van der Waals surface area contributed by atoms with Gasteiger partial charge in [0.15, 0.2) is 0 Å². The van der Waals surface area contributed by atoms with Crippen molar-refractivity contribution in [2.24, 2.45) is 0 Å². The van der Waals surface area contributed by atoms with Crippen molar-refractivity contribution in [3.8, 4) is 0 Å². The molecule has 1 aromatic rings. The average Bonchev–Trinajstić information content (AvgIpc) is 2.52. The molecular weight excluding hydrogens is 156 g/mol. The molecule has 0 aliphatic rings. The first-order chi connectivity index (χ1) is 5.38. The lowest BCUT2D eigenvalue weighted by Gasteiger charge is -2.11. The standard InChI is InChI=1S/C8H14N2S/c1-3-7(9-4-2)8-10-5-6-11-8/h5-7,9H,3-4H2,1-2H3. The normalized spacial score (nSPS) is 13.3. The molecule has 1 unspecified atom stereocenters. The molecule has 3 heteroatoms. The lowest BCUT2D eigenvalue weighted by atomic mass is 10.2. The van der Waals surface area contributed by atoms with Gasteiger partial charge in [-0.15, -0.1) is 11.3 Å². The van der Waals surface area contributed by atoms with E-state index in [4.69, 9.17) is 0 Å². The Morgan fingerprint density at radius 2 is 2.45 bits per heavy atom. The quantitative estimate of drug-likeness (QED) is 0.749. The van der Waals surface area contributed by atoms with Crippen molar-refractivity contribution >= 4 is 11.3 Å². The molecule has 1 N–H and O–H groups in total. The molecule has 0 aromatic carbocycles. The molecular formula is C8H14N2S. The summed E-state index contributed by atoms with van der Waals surface area (Å²) in [6.45, 7) is 5.31. The number of rotatable bonds is 4. The van der Waals surface area contributed by atoms with E-state index in [1.54, 1.807) is 11.3 Å². The molecule has 0 saturated carbocycles. The Morgan fingerprint density at radius 3 is 2.91 bits per heavy atom. The van der Waals surface area contributed by atoms with Crippen LogP contribution in [0.15, 0.2) is 11.6 Å². The van der Waals surface area contributed by atoms with Crippen LogP contribution in [-0.4, -0.2) is 11.5 Å². The third kappa shape index (κ3) is 2.27. The molecule has 2 nitrogen and oxygen atoms in total. The zero-order valence-electron chi connectivity index (χ0n) is 7.00. The van der Waals surface area contributed by atoms with E-state index in [9.17, 15) is 0 Å². The molecule has 0 saturated heterocycles. The van der Waals surface area contributed by atoms with Gasteiger partial charge in [-0.25, -0.2) is 4.98 Å². The second-order valence-electron chi connectivity index (χ2n) is 2.39. The van der Waals surface area contributed by atoms with Gasteiger partial charge >= 0.3 is 0 Å². The van der Waals surface area contributed by atoms with E-state index in [-0.39, 0.29) is 0 Å². The van der Waals surface area contributed by atoms with Crippen LogP contribution in [-0.2, 0) is 0 Å². The lowest BCUT2D eigenvalue weighted by molar-refractivity contribution is 0.535. The third-order valence-corrected chi connectivity index (χ3v) is 2.50. The van der Waals surface area contributed by atoms with E-state index >= 15 is 0 Å². The fourth-order valence-electron chi connectivity index (χ4n) is 1.06. The highest BCUT2D eigenvalue weighted by atomic mass is 32.1. The van der Waals surface area contributed by atoms with Gasteiger partial charge in [-0.05, 0) is 13.0 Å². The smallest absolute Gasteiger partial charge is 0.109 e. The largest absolute Gasteiger partial charge is 0.308 e. The summed E-state index contributed by atoms with van der Waals surface area (Å²) in [7, 11) is 0. The molecule has 0 radical (unpaired) electrons. The van der Waals surface area contributed by atoms with Gasteiger partial charge in [0, 0.05) is 11.6 Å². The number of nitrogens with zero attached hydrogens (tertiary/aromatic N) is 1. The van der Waals surface area contributed by atoms with Crippen molar-refractivity contribution < 1.29 is 0 Å². The molecule has 1 rings (SSSR count). The number of hydrogen-bond donors (Lipinski definition) is 1. The molecule has 1 heterocycles. The summed E-state index contributed by atoms with van der Waals surface area (Å²) >= 11 is 1.72. The Kier molecular flexibility index (Phi) is 3.52. The second kappa shape index (κ2) is 4.46. The highest BCUT2D eigenvalue weighted by Gasteiger charge is 2.08. The van der Waals surface area contributed by atoms with Crippen molar-refractivity contribution in [1.82, 2.24) is 10.3 Å². The zero-order valence-corrected chi connectivity index (χ0v) is 7.82. The molecule has 0 amide bonds. The Labute approximate surface area is 71.7 Å². The van der Waals surface area contributed by atoms with Gasteiger partial charge in [0.1, 0.15) is 5.01 Å². The Hall–Kier alpha value is -0.410. The summed E-state index contributed by atoms with van der Waals surface area (Å²) in [5, 5.41) is 6.61. The SMILES string of the molecule is CCNC(CC)c1nccs1. The van der Waals surface area contributed by atoms with Crippen LogP contribution >= 0.6 is 11.3 Å². The summed E-state index contributed by atoms with van der Waals surface area (Å²) in [6.07, 6.45) is 2.97. The average molecular weight is 170 g/mol. The van der Waals surface area contributed by atoms with Crippen LogP contribution < -0.4 is 5.32 Å². The fraction of sp³-hybridized carbons (Fsp3) is 0.625. The maximum absolute atomic E-state index is 4.26. The topological polar surface area (TPSA) is 24.9 Å². The predicted octanol–water partition coefficient (Wildman–Crippen LogP) is 2.20. The van der Waals surface area contributed by atoms with Crippen LogP contribution in [0.3, 0.4) is 0 Å². The van der Waals surface area contributed by atoms with Crippen LogP contribution in [0.2, 0.25) is 0 Å². The monoisotopic (exact) mass is 170 g/mol. The van der Waals surface area contributed by atoms with E-state index in [1.807, 2.05) is 11.6 Å². The van der Waals surface area contributed by atoms with Crippen molar-refractivity contribution in [1.29, 1.82) is 0 Å². The highest BCUT2D eigenvalue weighted by molar-refractivity contribution is 7.09. The molecule has 62 valence electrons. The van der Waals surface area contributed by atoms with Crippen molar-refractivity contribution in [3.63, 3.8) is 0 Å². The maximum Gasteiger partial charge on any atom is 0.109 e. The van der Waals surface area contributed by atoms with Crippen molar-refractivity contribution in [2.75, 3.05) is 6.54 Å². The second-order valence-corrected chi connectivity index (χ2v) is 3.31. The minimum absolute atomic E-state index is 0.458. The molecule has 0 aliphatic carbocycles. The number of aromatic nitrogens is 1. The molecule has 0 aliphatic heterocycles. The summed E-state index contributed by atoms with van der Waals surface area (Å²) in [5.41, 5.74) is 0. The Morgan fingerprint density at radius 1 is 1.64 bits per heavy atom. The first-order valence-corrected chi connectivity index (χ1v) is 4.89. The van der Waals surface area contributed by atoms with E-state index < -0.39 is 0 Å². The molecule has 0 fully saturated rings. The molecule has 11 heavy (non-hydrogen) atoms. The van der Waals surface area contributed by atoms with Gasteiger partial charge in [-0.3, -0.25) is 0 Å². The number of nitrogens with one attached hydrogen (secondary N) is 1. The van der Waals surface area contributed by atoms with Crippen molar-refractivity contribution in [2.45, 2.75) is 26.3 Å². The zero-order chi connectivity index (χ0) is 8.10. The van der Waals surface area contributed by atoms with Gasteiger partial charge in [-0.1, -0.05) is 13.8 Å². The van der Waals surface area contributed by atoms with Crippen LogP contribution in [0.5, 0.6) is 0 Å². The number of thiazole rings is 1. The molecule has 0 bridgehead atoms. The fourth-order valence-corrected chi connectivity index (χ4v) is 1.86. The minimum Gasteiger partial charge on any atom is -0.308 e. The number of hydrogen-bond acceptors (Lipinski definition) is 3. The lowest BCUT2D eigenvalue weighted by Crippen LogP contribution is -2.19. The molecule has 1 atom stereocenters. The van der Waals surface area contributed by atoms with E-state index in [2.05, 4.69) is 24.1 Å². The minimum atomic E-state index is 0.458. The summed E-state index contributed by atoms with van der Waals surface area (Å²) in [5.74, 6) is 0. The van der Waals surface area contributed by atoms with E-state index in [0.717, 1.165) is 13.0 Å². The first kappa shape index (κ1) is 8.68. The van der Waals surface area contributed by atoms with Gasteiger partial charge in [0.2, 0.25) is 0 Å². The van der Waals surface area contributed by atoms with Crippen LogP contribution in [0, 0.1) is 0 Å². The first-order valence-electron chi connectivity index (χ1n) is 4.01. The summed E-state index contributed by atoms with van der Waals surface area (Å²) in [4.78, 5) is 4.26. The van der Waals surface area contributed by atoms with Gasteiger partial charge in [0.25, 0.3) is 0 Å². The summed E-state index contributed by atoms with van der Waals surface area (Å²) in [6, 6.07) is 0.458. The third-order valence-electron chi connectivity index (χ3n) is 1.61. The van der Waals surface area contributed by atoms with Gasteiger partial charge in [-0.2, -0.15) is 0 Å². The maximum atomic E-state index is 4.26. The predicted molar refractivity (Wildman–Crippen MR) is 48.8 cm³/mol. The van der Waals surface area contributed by atoms with Crippen LogP contribution in [0.1, 0.15) is 31.3 Å². The van der Waals surface area contributed by atoms with E-state index in [1.165, 1.54) is 5.01 Å². The molecule has 0 spiro atoms. The Bertz CT molecular complexity index is 184. The molecule has 1 aromatic heterocycles. The Balaban J connectivity index is 2.56. The van der Waals surface area contributed by atoms with Gasteiger partial charge < -0.3 is 5.32 Å².